The number of nitrogens with one attached hydrogen (secondary N) is 1. The van der Waals surface area contributed by atoms with Gasteiger partial charge in [-0.05, 0) is 25.1 Å². The van der Waals surface area contributed by atoms with E-state index in [1.807, 2.05) is 30.3 Å². The van der Waals surface area contributed by atoms with Crippen LogP contribution in [0.15, 0.2) is 30.3 Å². The van der Waals surface area contributed by atoms with Gasteiger partial charge in [0.25, 0.3) is 0 Å². The van der Waals surface area contributed by atoms with Crippen molar-refractivity contribution in [2.45, 2.75) is 18.6 Å². The number of hydrogen-bond donors (Lipinski definition) is 2. The molecule has 0 aromatic heterocycles. The predicted molar refractivity (Wildman–Crippen MR) is 54.4 cm³/mol. The molecule has 1 fully saturated rings. The van der Waals surface area contributed by atoms with Crippen LogP contribution in [0.3, 0.4) is 0 Å². The number of ether oxygens (including phenoxy) is 1. The molecule has 0 bridgehead atoms. The first-order valence-corrected chi connectivity index (χ1v) is 4.97. The minimum Gasteiger partial charge on any atom is -0.486 e. The third-order valence-electron chi connectivity index (χ3n) is 2.42. The third-order valence-corrected chi connectivity index (χ3v) is 2.42. The summed E-state index contributed by atoms with van der Waals surface area (Å²) in [5.74, 6) is 0.820. The van der Waals surface area contributed by atoms with Gasteiger partial charge in [0.1, 0.15) is 11.9 Å². The fourth-order valence-electron chi connectivity index (χ4n) is 1.61. The van der Waals surface area contributed by atoms with E-state index in [9.17, 15) is 5.11 Å². The average Bonchev–Trinajstić information content (AvgIpc) is 2.23. The summed E-state index contributed by atoms with van der Waals surface area (Å²) in [5.41, 5.74) is 0. The normalized spacial score (nSPS) is 27.2. The summed E-state index contributed by atoms with van der Waals surface area (Å²) in [6.07, 6.45) is 0.292. The maximum Gasteiger partial charge on any atom is 0.137 e. The third kappa shape index (κ3) is 2.25. The lowest BCUT2D eigenvalue weighted by atomic mass is 10.1. The first-order valence-electron chi connectivity index (χ1n) is 4.97. The molecule has 2 N–H and O–H groups in total. The highest BCUT2D eigenvalue weighted by atomic mass is 16.5. The summed E-state index contributed by atoms with van der Waals surface area (Å²) in [4.78, 5) is 0. The van der Waals surface area contributed by atoms with E-state index in [-0.39, 0.29) is 12.2 Å². The summed E-state index contributed by atoms with van der Waals surface area (Å²) in [5, 5.41) is 12.9. The molecule has 1 aliphatic rings. The van der Waals surface area contributed by atoms with Crippen LogP contribution < -0.4 is 10.1 Å². The van der Waals surface area contributed by atoms with Crippen molar-refractivity contribution in [3.05, 3.63) is 30.3 Å². The molecule has 0 unspecified atom stereocenters. The summed E-state index contributed by atoms with van der Waals surface area (Å²) in [6, 6.07) is 9.61. The first kappa shape index (κ1) is 9.49. The summed E-state index contributed by atoms with van der Waals surface area (Å²) >= 11 is 0. The van der Waals surface area contributed by atoms with Crippen molar-refractivity contribution >= 4 is 0 Å². The van der Waals surface area contributed by atoms with Crippen LogP contribution in [-0.2, 0) is 0 Å². The van der Waals surface area contributed by atoms with E-state index in [0.717, 1.165) is 25.3 Å². The van der Waals surface area contributed by atoms with Gasteiger partial charge in [0, 0.05) is 6.54 Å². The Bertz CT molecular complexity index is 276. The highest BCUT2D eigenvalue weighted by molar-refractivity contribution is 5.21. The van der Waals surface area contributed by atoms with Gasteiger partial charge in [-0.3, -0.25) is 0 Å². The molecule has 2 atom stereocenters. The Kier molecular flexibility index (Phi) is 3.01. The Morgan fingerprint density at radius 1 is 1.29 bits per heavy atom. The van der Waals surface area contributed by atoms with Crippen LogP contribution in [0.1, 0.15) is 6.42 Å². The van der Waals surface area contributed by atoms with Gasteiger partial charge >= 0.3 is 0 Å². The van der Waals surface area contributed by atoms with Crippen molar-refractivity contribution in [2.24, 2.45) is 0 Å². The average molecular weight is 193 g/mol. The molecule has 2 rings (SSSR count). The molecule has 1 aromatic carbocycles. The monoisotopic (exact) mass is 193 g/mol. The number of piperidine rings is 1. The zero-order chi connectivity index (χ0) is 9.80. The fraction of sp³-hybridized carbons (Fsp3) is 0.455. The lowest BCUT2D eigenvalue weighted by Crippen LogP contribution is -2.47. The molecule has 0 aliphatic carbocycles. The van der Waals surface area contributed by atoms with E-state index in [4.69, 9.17) is 4.74 Å². The second kappa shape index (κ2) is 4.44. The molecule has 0 spiro atoms. The lowest BCUT2D eigenvalue weighted by Gasteiger charge is -2.28. The Morgan fingerprint density at radius 2 is 2.07 bits per heavy atom. The molecule has 1 saturated heterocycles. The molecule has 3 heteroatoms. The van der Waals surface area contributed by atoms with Crippen molar-refractivity contribution in [2.75, 3.05) is 13.1 Å². The predicted octanol–water partition coefficient (Wildman–Crippen LogP) is 0.788. The molecule has 3 nitrogen and oxygen atoms in total. The van der Waals surface area contributed by atoms with Crippen LogP contribution in [0, 0.1) is 0 Å². The number of benzene rings is 1. The van der Waals surface area contributed by atoms with E-state index >= 15 is 0 Å². The largest absolute Gasteiger partial charge is 0.486 e. The van der Waals surface area contributed by atoms with Crippen LogP contribution in [0.5, 0.6) is 5.75 Å². The zero-order valence-corrected chi connectivity index (χ0v) is 8.02. The van der Waals surface area contributed by atoms with Crippen molar-refractivity contribution in [3.63, 3.8) is 0 Å². The molecule has 14 heavy (non-hydrogen) atoms. The standard InChI is InChI=1S/C11H15NO2/c13-10-6-7-12-8-11(10)14-9-4-2-1-3-5-9/h1-5,10-13H,6-8H2/t10-,11-/m0/s1. The zero-order valence-electron chi connectivity index (χ0n) is 8.02. The van der Waals surface area contributed by atoms with Gasteiger partial charge in [-0.1, -0.05) is 18.2 Å². The van der Waals surface area contributed by atoms with E-state index in [2.05, 4.69) is 5.32 Å². The molecular weight excluding hydrogens is 178 g/mol. The smallest absolute Gasteiger partial charge is 0.137 e. The van der Waals surface area contributed by atoms with Crippen LogP contribution in [-0.4, -0.2) is 30.4 Å². The van der Waals surface area contributed by atoms with Gasteiger partial charge in [-0.25, -0.2) is 0 Å². The van der Waals surface area contributed by atoms with Gasteiger partial charge in [-0.15, -0.1) is 0 Å². The van der Waals surface area contributed by atoms with Gasteiger partial charge < -0.3 is 15.2 Å². The lowest BCUT2D eigenvalue weighted by molar-refractivity contribution is 0.0158. The van der Waals surface area contributed by atoms with Crippen molar-refractivity contribution < 1.29 is 9.84 Å². The SMILES string of the molecule is O[C@H]1CCNC[C@@H]1Oc1ccccc1. The quantitative estimate of drug-likeness (QED) is 0.729. The Morgan fingerprint density at radius 3 is 2.79 bits per heavy atom. The maximum absolute atomic E-state index is 9.67. The number of rotatable bonds is 2. The topological polar surface area (TPSA) is 41.5 Å². The van der Waals surface area contributed by atoms with Crippen LogP contribution >= 0.6 is 0 Å². The van der Waals surface area contributed by atoms with E-state index < -0.39 is 0 Å². The van der Waals surface area contributed by atoms with E-state index in [1.165, 1.54) is 0 Å². The summed E-state index contributed by atoms with van der Waals surface area (Å²) in [7, 11) is 0. The van der Waals surface area contributed by atoms with Gasteiger partial charge in [0.15, 0.2) is 0 Å². The van der Waals surface area contributed by atoms with Crippen LogP contribution in [0.4, 0.5) is 0 Å². The number of hydrogen-bond acceptors (Lipinski definition) is 3. The summed E-state index contributed by atoms with van der Waals surface area (Å²) < 4.78 is 5.66. The molecule has 1 aromatic rings. The van der Waals surface area contributed by atoms with Crippen molar-refractivity contribution in [3.8, 4) is 5.75 Å². The van der Waals surface area contributed by atoms with Crippen molar-refractivity contribution in [1.29, 1.82) is 0 Å². The minimum absolute atomic E-state index is 0.119. The van der Waals surface area contributed by atoms with E-state index in [1.54, 1.807) is 0 Å². The van der Waals surface area contributed by atoms with Crippen LogP contribution in [0.2, 0.25) is 0 Å². The van der Waals surface area contributed by atoms with Gasteiger partial charge in [0.2, 0.25) is 0 Å². The second-order valence-electron chi connectivity index (χ2n) is 3.53. The number of aliphatic hydroxyl groups excluding tert-OH is 1. The Hall–Kier alpha value is -1.06. The van der Waals surface area contributed by atoms with E-state index in [0.29, 0.717) is 0 Å². The van der Waals surface area contributed by atoms with Crippen molar-refractivity contribution in [1.82, 2.24) is 5.32 Å². The molecule has 0 saturated carbocycles. The molecule has 0 amide bonds. The van der Waals surface area contributed by atoms with Gasteiger partial charge in [-0.2, -0.15) is 0 Å². The molecule has 0 radical (unpaired) electrons. The Labute approximate surface area is 83.7 Å². The highest BCUT2D eigenvalue weighted by Crippen LogP contribution is 2.15. The molecule has 76 valence electrons. The number of aliphatic hydroxyl groups is 1. The first-order chi connectivity index (χ1) is 6.86. The second-order valence-corrected chi connectivity index (χ2v) is 3.53. The molecule has 1 aliphatic heterocycles. The number of para-hydroxylation sites is 1. The van der Waals surface area contributed by atoms with Gasteiger partial charge in [0.05, 0.1) is 6.10 Å². The fourth-order valence-corrected chi connectivity index (χ4v) is 1.61. The Balaban J connectivity index is 1.96. The van der Waals surface area contributed by atoms with Crippen LogP contribution in [0.25, 0.3) is 0 Å². The molecular formula is C11H15NO2. The minimum atomic E-state index is -0.351. The summed E-state index contributed by atoms with van der Waals surface area (Å²) in [6.45, 7) is 1.59. The maximum atomic E-state index is 9.67. The molecule has 1 heterocycles. The highest BCUT2D eigenvalue weighted by Gasteiger charge is 2.24.